The Balaban J connectivity index is 2.41. The number of hydrogen-bond acceptors (Lipinski definition) is 3. The van der Waals surface area contributed by atoms with E-state index in [1.165, 1.54) is 25.7 Å². The predicted molar refractivity (Wildman–Crippen MR) is 70.6 cm³/mol. The molecule has 3 nitrogen and oxygen atoms in total. The SMILES string of the molecule is CN(C)CCN(C)C(C)(CN)CC1CCC1. The molecule has 0 bridgehead atoms. The van der Waals surface area contributed by atoms with E-state index in [2.05, 4.69) is 37.9 Å². The molecule has 0 aromatic carbocycles. The summed E-state index contributed by atoms with van der Waals surface area (Å²) in [6, 6.07) is 0. The van der Waals surface area contributed by atoms with Crippen LogP contribution in [0.2, 0.25) is 0 Å². The van der Waals surface area contributed by atoms with E-state index < -0.39 is 0 Å². The van der Waals surface area contributed by atoms with Gasteiger partial charge in [0.2, 0.25) is 0 Å². The third-order valence-corrected chi connectivity index (χ3v) is 4.20. The maximum Gasteiger partial charge on any atom is 0.0303 e. The molecule has 1 saturated carbocycles. The zero-order valence-corrected chi connectivity index (χ0v) is 11.5. The van der Waals surface area contributed by atoms with Crippen LogP contribution in [0.25, 0.3) is 0 Å². The second-order valence-corrected chi connectivity index (χ2v) is 5.93. The topological polar surface area (TPSA) is 32.5 Å². The van der Waals surface area contributed by atoms with Crippen LogP contribution in [0.5, 0.6) is 0 Å². The van der Waals surface area contributed by atoms with Crippen molar-refractivity contribution in [2.75, 3.05) is 40.8 Å². The van der Waals surface area contributed by atoms with Crippen molar-refractivity contribution in [3.63, 3.8) is 0 Å². The van der Waals surface area contributed by atoms with Crippen molar-refractivity contribution in [1.29, 1.82) is 0 Å². The maximum absolute atomic E-state index is 5.99. The second kappa shape index (κ2) is 5.99. The Morgan fingerprint density at radius 1 is 1.19 bits per heavy atom. The molecule has 0 aromatic heterocycles. The highest BCUT2D eigenvalue weighted by molar-refractivity contribution is 4.90. The van der Waals surface area contributed by atoms with Crippen LogP contribution in [0.4, 0.5) is 0 Å². The average Bonchev–Trinajstić information content (AvgIpc) is 2.19. The van der Waals surface area contributed by atoms with E-state index in [0.29, 0.717) is 0 Å². The standard InChI is InChI=1S/C13H29N3/c1-13(11-14,10-12-6-5-7-12)16(4)9-8-15(2)3/h12H,5-11,14H2,1-4H3. The van der Waals surface area contributed by atoms with Gasteiger partial charge in [0.05, 0.1) is 0 Å². The molecule has 1 fully saturated rings. The molecule has 0 spiro atoms. The Labute approximate surface area is 101 Å². The van der Waals surface area contributed by atoms with Crippen LogP contribution in [0.15, 0.2) is 0 Å². The quantitative estimate of drug-likeness (QED) is 0.713. The van der Waals surface area contributed by atoms with Crippen LogP contribution >= 0.6 is 0 Å². The molecule has 0 heterocycles. The fourth-order valence-electron chi connectivity index (χ4n) is 2.33. The summed E-state index contributed by atoms with van der Waals surface area (Å²) in [5.74, 6) is 0.926. The first-order chi connectivity index (χ1) is 7.48. The van der Waals surface area contributed by atoms with Crippen molar-refractivity contribution in [2.24, 2.45) is 11.7 Å². The van der Waals surface area contributed by atoms with Crippen LogP contribution in [-0.4, -0.2) is 56.1 Å². The lowest BCUT2D eigenvalue weighted by Crippen LogP contribution is -2.53. The molecule has 1 atom stereocenters. The van der Waals surface area contributed by atoms with Crippen LogP contribution in [0.3, 0.4) is 0 Å². The van der Waals surface area contributed by atoms with E-state index in [0.717, 1.165) is 25.6 Å². The van der Waals surface area contributed by atoms with Gasteiger partial charge in [0.15, 0.2) is 0 Å². The highest BCUT2D eigenvalue weighted by atomic mass is 15.2. The summed E-state index contributed by atoms with van der Waals surface area (Å²) in [5, 5.41) is 0. The summed E-state index contributed by atoms with van der Waals surface area (Å²) in [6.45, 7) is 5.30. The first-order valence-electron chi connectivity index (χ1n) is 6.54. The fraction of sp³-hybridized carbons (Fsp3) is 1.00. The van der Waals surface area contributed by atoms with Crippen LogP contribution in [0, 0.1) is 5.92 Å². The smallest absolute Gasteiger partial charge is 0.0303 e. The summed E-state index contributed by atoms with van der Waals surface area (Å²) in [5.41, 5.74) is 6.18. The van der Waals surface area contributed by atoms with Crippen LogP contribution < -0.4 is 5.73 Å². The molecule has 0 amide bonds. The zero-order valence-electron chi connectivity index (χ0n) is 11.5. The van der Waals surface area contributed by atoms with Gasteiger partial charge in [-0.05, 0) is 40.4 Å². The number of nitrogens with zero attached hydrogens (tertiary/aromatic N) is 2. The van der Waals surface area contributed by atoms with Crippen molar-refractivity contribution in [3.05, 3.63) is 0 Å². The van der Waals surface area contributed by atoms with Crippen molar-refractivity contribution >= 4 is 0 Å². The van der Waals surface area contributed by atoms with Crippen LogP contribution in [-0.2, 0) is 0 Å². The molecular weight excluding hydrogens is 198 g/mol. The Morgan fingerprint density at radius 3 is 2.19 bits per heavy atom. The Morgan fingerprint density at radius 2 is 1.81 bits per heavy atom. The van der Waals surface area contributed by atoms with E-state index in [1.807, 2.05) is 0 Å². The van der Waals surface area contributed by atoms with Gasteiger partial charge in [-0.2, -0.15) is 0 Å². The third-order valence-electron chi connectivity index (χ3n) is 4.20. The molecule has 0 radical (unpaired) electrons. The van der Waals surface area contributed by atoms with Gasteiger partial charge in [-0.25, -0.2) is 0 Å². The second-order valence-electron chi connectivity index (χ2n) is 5.93. The van der Waals surface area contributed by atoms with Gasteiger partial charge >= 0.3 is 0 Å². The van der Waals surface area contributed by atoms with E-state index in [9.17, 15) is 0 Å². The molecule has 0 saturated heterocycles. The molecule has 1 aliphatic carbocycles. The summed E-state index contributed by atoms with van der Waals surface area (Å²) < 4.78 is 0. The minimum absolute atomic E-state index is 0.196. The minimum atomic E-state index is 0.196. The largest absolute Gasteiger partial charge is 0.329 e. The minimum Gasteiger partial charge on any atom is -0.329 e. The van der Waals surface area contributed by atoms with Gasteiger partial charge < -0.3 is 10.6 Å². The maximum atomic E-state index is 5.99. The number of hydrogen-bond donors (Lipinski definition) is 1. The zero-order chi connectivity index (χ0) is 12.2. The molecule has 1 rings (SSSR count). The van der Waals surface area contributed by atoms with Crippen molar-refractivity contribution in [1.82, 2.24) is 9.80 Å². The van der Waals surface area contributed by atoms with E-state index in [-0.39, 0.29) is 5.54 Å². The van der Waals surface area contributed by atoms with Crippen LogP contribution in [0.1, 0.15) is 32.6 Å². The van der Waals surface area contributed by atoms with Gasteiger partial charge in [-0.3, -0.25) is 4.90 Å². The lowest BCUT2D eigenvalue weighted by atomic mass is 9.76. The molecule has 16 heavy (non-hydrogen) atoms. The summed E-state index contributed by atoms with van der Waals surface area (Å²) in [4.78, 5) is 4.68. The summed E-state index contributed by atoms with van der Waals surface area (Å²) >= 11 is 0. The van der Waals surface area contributed by atoms with Gasteiger partial charge in [0.25, 0.3) is 0 Å². The predicted octanol–water partition coefficient (Wildman–Crippen LogP) is 1.39. The molecule has 96 valence electrons. The normalized spacial score (nSPS) is 21.2. The highest BCUT2D eigenvalue weighted by Crippen LogP contribution is 2.35. The molecule has 1 unspecified atom stereocenters. The number of nitrogens with two attached hydrogens (primary N) is 1. The fourth-order valence-corrected chi connectivity index (χ4v) is 2.33. The van der Waals surface area contributed by atoms with Crippen molar-refractivity contribution in [2.45, 2.75) is 38.1 Å². The monoisotopic (exact) mass is 227 g/mol. The van der Waals surface area contributed by atoms with E-state index in [1.54, 1.807) is 0 Å². The van der Waals surface area contributed by atoms with Crippen molar-refractivity contribution in [3.8, 4) is 0 Å². The molecule has 0 aliphatic heterocycles. The van der Waals surface area contributed by atoms with Crippen molar-refractivity contribution < 1.29 is 0 Å². The lowest BCUT2D eigenvalue weighted by molar-refractivity contribution is 0.0859. The van der Waals surface area contributed by atoms with Gasteiger partial charge in [-0.1, -0.05) is 19.3 Å². The highest BCUT2D eigenvalue weighted by Gasteiger charge is 2.32. The lowest BCUT2D eigenvalue weighted by Gasteiger charge is -2.43. The molecular formula is C13H29N3. The Kier molecular flexibility index (Phi) is 5.22. The van der Waals surface area contributed by atoms with Gasteiger partial charge in [0, 0.05) is 25.2 Å². The van der Waals surface area contributed by atoms with Gasteiger partial charge in [0.1, 0.15) is 0 Å². The average molecular weight is 227 g/mol. The summed E-state index contributed by atoms with van der Waals surface area (Å²) in [6.07, 6.45) is 5.52. The molecule has 3 heteroatoms. The molecule has 1 aliphatic rings. The van der Waals surface area contributed by atoms with Gasteiger partial charge in [-0.15, -0.1) is 0 Å². The summed E-state index contributed by atoms with van der Waals surface area (Å²) in [7, 11) is 6.47. The number of likely N-dealkylation sites (N-methyl/N-ethyl adjacent to an activating group) is 2. The third kappa shape index (κ3) is 3.72. The first-order valence-corrected chi connectivity index (χ1v) is 6.54. The Bertz CT molecular complexity index is 201. The Hall–Kier alpha value is -0.120. The van der Waals surface area contributed by atoms with E-state index in [4.69, 9.17) is 5.73 Å². The first kappa shape index (κ1) is 13.9. The molecule has 0 aromatic rings. The number of rotatable bonds is 7. The molecule has 2 N–H and O–H groups in total. The van der Waals surface area contributed by atoms with E-state index >= 15 is 0 Å².